The normalized spacial score (nSPS) is 14.6. The van der Waals surface area contributed by atoms with E-state index in [-0.39, 0.29) is 11.6 Å². The second kappa shape index (κ2) is 18.7. The minimum atomic E-state index is -5.08. The third-order valence-corrected chi connectivity index (χ3v) is 11.0. The summed E-state index contributed by atoms with van der Waals surface area (Å²) in [6.07, 6.45) is 4.92. The van der Waals surface area contributed by atoms with Gasteiger partial charge < -0.3 is 19.1 Å². The van der Waals surface area contributed by atoms with Gasteiger partial charge in [-0.05, 0) is 71.6 Å². The number of alkyl halides is 3. The van der Waals surface area contributed by atoms with Gasteiger partial charge in [0, 0.05) is 48.8 Å². The van der Waals surface area contributed by atoms with Gasteiger partial charge in [-0.3, -0.25) is 14.7 Å². The van der Waals surface area contributed by atoms with Crippen LogP contribution in [0.15, 0.2) is 66.1 Å². The number of carboxylic acid groups (broad SMARTS) is 1. The van der Waals surface area contributed by atoms with E-state index in [0.717, 1.165) is 60.8 Å². The number of methoxy groups -OCH3 is 1. The van der Waals surface area contributed by atoms with Crippen LogP contribution in [0.2, 0.25) is 30.7 Å². The lowest BCUT2D eigenvalue weighted by atomic mass is 9.97. The van der Waals surface area contributed by atoms with Crippen molar-refractivity contribution in [2.75, 3.05) is 19.0 Å². The lowest BCUT2D eigenvalue weighted by Gasteiger charge is -2.22. The van der Waals surface area contributed by atoms with Crippen LogP contribution in [-0.2, 0) is 27.4 Å². The first-order valence-corrected chi connectivity index (χ1v) is 22.2. The number of halogens is 4. The minimum Gasteiger partial charge on any atom is -0.475 e. The number of nitrogens with zero attached hydrogens (tertiary/aromatic N) is 8. The summed E-state index contributed by atoms with van der Waals surface area (Å²) in [5.74, 6) is -2.03. The number of anilines is 1. The number of carboxylic acids is 1. The van der Waals surface area contributed by atoms with Crippen LogP contribution < -0.4 is 10.9 Å². The molecule has 2 bridgehead atoms. The molecule has 0 radical (unpaired) electrons. The zero-order valence-electron chi connectivity index (χ0n) is 31.8. The van der Waals surface area contributed by atoms with Gasteiger partial charge in [-0.1, -0.05) is 56.6 Å². The van der Waals surface area contributed by atoms with E-state index in [9.17, 15) is 22.8 Å². The summed E-state index contributed by atoms with van der Waals surface area (Å²) in [7, 11) is 0.0429. The van der Waals surface area contributed by atoms with Gasteiger partial charge in [0.05, 0.1) is 36.6 Å². The van der Waals surface area contributed by atoms with Crippen LogP contribution in [-0.4, -0.2) is 84.4 Å². The molecule has 3 aromatic heterocycles. The van der Waals surface area contributed by atoms with E-state index in [4.69, 9.17) is 40.9 Å². The molecule has 304 valence electrons. The number of hydrogen-bond donors (Lipinski definition) is 2. The van der Waals surface area contributed by atoms with E-state index in [1.807, 2.05) is 29.0 Å². The van der Waals surface area contributed by atoms with Crippen molar-refractivity contribution in [2.45, 2.75) is 83.2 Å². The van der Waals surface area contributed by atoms with Crippen LogP contribution in [0.4, 0.5) is 23.7 Å². The smallest absolute Gasteiger partial charge is 0.475 e. The number of amides is 1. The number of nitrogens with one attached hydrogen (secondary N) is 1. The molecule has 0 spiro atoms. The van der Waals surface area contributed by atoms with Gasteiger partial charge >= 0.3 is 18.2 Å². The predicted octanol–water partition coefficient (Wildman–Crippen LogP) is 7.62. The van der Waals surface area contributed by atoms with Crippen molar-refractivity contribution >= 4 is 37.4 Å². The molecule has 0 saturated heterocycles. The highest BCUT2D eigenvalue weighted by Crippen LogP contribution is 2.33. The highest BCUT2D eigenvalue weighted by Gasteiger charge is 2.38. The molecular weight excluding hydrogens is 787 g/mol. The fourth-order valence-electron chi connectivity index (χ4n) is 6.14. The molecule has 2 aromatic carbocycles. The second-order valence-corrected chi connectivity index (χ2v) is 20.6. The summed E-state index contributed by atoms with van der Waals surface area (Å²) in [5.41, 5.74) is 5.01. The third kappa shape index (κ3) is 11.6. The second-order valence-electron chi connectivity index (χ2n) is 14.5. The van der Waals surface area contributed by atoms with E-state index < -0.39 is 26.3 Å². The molecule has 15 nitrogen and oxygen atoms in total. The quantitative estimate of drug-likeness (QED) is 0.110. The molecule has 5 aromatic rings. The number of imidazole rings is 1. The minimum absolute atomic E-state index is 0.218. The number of tetrazole rings is 1. The number of rotatable bonds is 9. The predicted molar refractivity (Wildman–Crippen MR) is 208 cm³/mol. The average molecular weight is 830 g/mol. The maximum absolute atomic E-state index is 14.1. The van der Waals surface area contributed by atoms with Crippen molar-refractivity contribution in [1.29, 1.82) is 0 Å². The van der Waals surface area contributed by atoms with E-state index in [0.29, 0.717) is 47.4 Å². The number of carbonyl (C=O) groups is 2. The van der Waals surface area contributed by atoms with Gasteiger partial charge in [0.1, 0.15) is 18.9 Å². The van der Waals surface area contributed by atoms with Crippen molar-refractivity contribution in [3.63, 3.8) is 0 Å². The van der Waals surface area contributed by atoms with Crippen molar-refractivity contribution in [1.82, 2.24) is 39.3 Å². The number of fused-ring (bicyclic) bond motifs is 4. The number of benzene rings is 2. The SMILES string of the molecule is COC(=O)Nc1ccc2c(c1)CCCCCC[C@H](n1cnc(-c3cc(Cl)ccc3-n3cnnn3)cc1=O)c1nc-2cn1COCC[Si](C)(C)C.O=C(O)C(F)(F)F. The van der Waals surface area contributed by atoms with Crippen LogP contribution in [0.5, 0.6) is 0 Å². The summed E-state index contributed by atoms with van der Waals surface area (Å²) in [6.45, 7) is 7.93. The molecule has 0 unspecified atom stereocenters. The van der Waals surface area contributed by atoms with Crippen LogP contribution in [0.3, 0.4) is 0 Å². The summed E-state index contributed by atoms with van der Waals surface area (Å²) in [4.78, 5) is 44.9. The van der Waals surface area contributed by atoms with Crippen LogP contribution in [0.1, 0.15) is 49.5 Å². The van der Waals surface area contributed by atoms with E-state index in [1.165, 1.54) is 24.2 Å². The summed E-state index contributed by atoms with van der Waals surface area (Å²) in [6, 6.07) is 13.3. The maximum Gasteiger partial charge on any atom is 0.490 e. The number of carbonyl (C=O) groups excluding carboxylic acids is 1. The van der Waals surface area contributed by atoms with Crippen molar-refractivity contribution in [2.24, 2.45) is 0 Å². The molecule has 6 rings (SSSR count). The van der Waals surface area contributed by atoms with E-state index in [1.54, 1.807) is 29.1 Å². The number of aromatic nitrogens is 8. The van der Waals surface area contributed by atoms with Gasteiger partial charge in [-0.2, -0.15) is 17.9 Å². The largest absolute Gasteiger partial charge is 0.490 e. The highest BCUT2D eigenvalue weighted by atomic mass is 35.5. The molecule has 1 aliphatic heterocycles. The van der Waals surface area contributed by atoms with Crippen molar-refractivity contribution < 1.29 is 37.3 Å². The molecule has 20 heteroatoms. The Morgan fingerprint density at radius 2 is 1.77 bits per heavy atom. The van der Waals surface area contributed by atoms with Gasteiger partial charge in [0.2, 0.25) is 0 Å². The lowest BCUT2D eigenvalue weighted by Crippen LogP contribution is -2.28. The molecular formula is C37H43ClF3N9O6Si. The first kappa shape index (κ1) is 42.7. The molecule has 0 fully saturated rings. The molecule has 0 saturated carbocycles. The Bertz CT molecular complexity index is 2230. The van der Waals surface area contributed by atoms with Crippen LogP contribution >= 0.6 is 11.6 Å². The first-order chi connectivity index (χ1) is 27.0. The van der Waals surface area contributed by atoms with Gasteiger partial charge in [0.15, 0.2) is 0 Å². The summed E-state index contributed by atoms with van der Waals surface area (Å²) >= 11 is 6.38. The number of ether oxygens (including phenoxy) is 2. The first-order valence-electron chi connectivity index (χ1n) is 18.1. The Morgan fingerprint density at radius 1 is 1.02 bits per heavy atom. The molecule has 2 N–H and O–H groups in total. The molecule has 4 heterocycles. The number of aliphatic carboxylic acids is 1. The Kier molecular flexibility index (Phi) is 14.0. The Balaban J connectivity index is 0.000000811. The summed E-state index contributed by atoms with van der Waals surface area (Å²) < 4.78 is 48.0. The number of aryl methyl sites for hydroxylation is 1. The van der Waals surface area contributed by atoms with Crippen molar-refractivity contribution in [3.05, 3.63) is 88.1 Å². The zero-order valence-corrected chi connectivity index (χ0v) is 33.5. The maximum atomic E-state index is 14.1. The van der Waals surface area contributed by atoms with E-state index >= 15 is 0 Å². The average Bonchev–Trinajstić information content (AvgIpc) is 3.84. The standard InChI is InChI=1S/C35H42ClN9O4Si.C2HF3O2/c1-48-35(47)39-26-12-13-27-24(17-26)9-7-5-6-8-10-32(34-40-30(27)20-43(34)23-49-15-16-50(2,3)4)44-21-37-29(19-33(44)46)28-18-25(36)11-14-31(28)45-22-38-41-42-45;3-2(4,5)1(6)7/h11-14,17-22,32H,5-10,15-16,23H2,1-4H3,(H,39,47);(H,6,7)/t32-;/m0./s1. The topological polar surface area (TPSA) is 181 Å². The van der Waals surface area contributed by atoms with E-state index in [2.05, 4.69) is 40.5 Å². The Morgan fingerprint density at radius 3 is 2.44 bits per heavy atom. The van der Waals surface area contributed by atoms with Crippen molar-refractivity contribution in [3.8, 4) is 28.2 Å². The Hall–Kier alpha value is -5.40. The third-order valence-electron chi connectivity index (χ3n) is 9.06. The molecule has 57 heavy (non-hydrogen) atoms. The fraction of sp³-hybridized carbons (Fsp3) is 0.405. The van der Waals surface area contributed by atoms with Gasteiger partial charge in [-0.15, -0.1) is 5.10 Å². The zero-order chi connectivity index (χ0) is 41.3. The Labute approximate surface area is 331 Å². The molecule has 1 aliphatic rings. The molecule has 1 amide bonds. The fourth-order valence-corrected chi connectivity index (χ4v) is 7.07. The van der Waals surface area contributed by atoms with Crippen LogP contribution in [0.25, 0.3) is 28.2 Å². The van der Waals surface area contributed by atoms with Crippen LogP contribution in [0, 0.1) is 0 Å². The van der Waals surface area contributed by atoms with Gasteiger partial charge in [0.25, 0.3) is 5.56 Å². The lowest BCUT2D eigenvalue weighted by molar-refractivity contribution is -0.192. The highest BCUT2D eigenvalue weighted by molar-refractivity contribution is 6.76. The molecule has 0 aliphatic carbocycles. The molecule has 1 atom stereocenters. The summed E-state index contributed by atoms with van der Waals surface area (Å²) in [5, 5.41) is 21.9. The van der Waals surface area contributed by atoms with Gasteiger partial charge in [-0.25, -0.2) is 19.6 Å². The number of hydrogen-bond acceptors (Lipinski definition) is 10. The monoisotopic (exact) mass is 829 g/mol.